The van der Waals surface area contributed by atoms with Crippen molar-refractivity contribution < 1.29 is 0 Å². The topological polar surface area (TPSA) is 18.5 Å². The van der Waals surface area contributed by atoms with Crippen molar-refractivity contribution in [1.82, 2.24) is 15.1 Å². The maximum Gasteiger partial charge on any atom is 0.0218 e. The van der Waals surface area contributed by atoms with Crippen LogP contribution in [0.5, 0.6) is 0 Å². The van der Waals surface area contributed by atoms with E-state index < -0.39 is 0 Å². The number of hydrogen-bond acceptors (Lipinski definition) is 3. The molecule has 0 aliphatic carbocycles. The Morgan fingerprint density at radius 1 is 1.06 bits per heavy atom. The molecule has 1 rings (SSSR count). The predicted octanol–water partition coefficient (Wildman–Crippen LogP) is 2.18. The molecule has 1 unspecified atom stereocenters. The first-order valence-electron chi connectivity index (χ1n) is 7.91. The standard InChI is InChI=1S/C15H33N3/c1-4-6-7-8-9-16-10-11-18-13-12-17(3)15(5-2)14-18/h15-16H,4-14H2,1-3H3. The van der Waals surface area contributed by atoms with Crippen LogP contribution in [0.25, 0.3) is 0 Å². The Hall–Kier alpha value is -0.120. The van der Waals surface area contributed by atoms with Gasteiger partial charge in [-0.1, -0.05) is 33.1 Å². The monoisotopic (exact) mass is 255 g/mol. The van der Waals surface area contributed by atoms with Gasteiger partial charge in [-0.3, -0.25) is 4.90 Å². The van der Waals surface area contributed by atoms with Crippen LogP contribution in [0.3, 0.4) is 0 Å². The molecule has 0 radical (unpaired) electrons. The molecule has 108 valence electrons. The van der Waals surface area contributed by atoms with Gasteiger partial charge in [-0.25, -0.2) is 0 Å². The highest BCUT2D eigenvalue weighted by Crippen LogP contribution is 2.09. The fourth-order valence-electron chi connectivity index (χ4n) is 2.69. The van der Waals surface area contributed by atoms with Gasteiger partial charge in [0.25, 0.3) is 0 Å². The maximum atomic E-state index is 3.58. The summed E-state index contributed by atoms with van der Waals surface area (Å²) in [5.41, 5.74) is 0. The normalized spacial score (nSPS) is 22.5. The molecule has 0 aromatic rings. The smallest absolute Gasteiger partial charge is 0.0218 e. The average molecular weight is 255 g/mol. The molecule has 1 saturated heterocycles. The molecule has 0 aromatic carbocycles. The summed E-state index contributed by atoms with van der Waals surface area (Å²) in [4.78, 5) is 5.13. The molecule has 0 saturated carbocycles. The number of unbranched alkanes of at least 4 members (excludes halogenated alkanes) is 3. The van der Waals surface area contributed by atoms with Crippen LogP contribution < -0.4 is 5.32 Å². The van der Waals surface area contributed by atoms with E-state index in [9.17, 15) is 0 Å². The van der Waals surface area contributed by atoms with Crippen molar-refractivity contribution in [2.24, 2.45) is 0 Å². The first kappa shape index (κ1) is 15.9. The van der Waals surface area contributed by atoms with E-state index in [0.717, 1.165) is 12.6 Å². The van der Waals surface area contributed by atoms with Gasteiger partial charge in [-0.15, -0.1) is 0 Å². The van der Waals surface area contributed by atoms with Gasteiger partial charge in [0.15, 0.2) is 0 Å². The van der Waals surface area contributed by atoms with Crippen LogP contribution in [0.1, 0.15) is 46.0 Å². The van der Waals surface area contributed by atoms with Crippen LogP contribution >= 0.6 is 0 Å². The third-order valence-corrected chi connectivity index (χ3v) is 4.14. The molecule has 0 amide bonds. The van der Waals surface area contributed by atoms with E-state index in [4.69, 9.17) is 0 Å². The van der Waals surface area contributed by atoms with Crippen molar-refractivity contribution in [3.63, 3.8) is 0 Å². The minimum absolute atomic E-state index is 0.767. The van der Waals surface area contributed by atoms with Gasteiger partial charge in [0.05, 0.1) is 0 Å². The molecular formula is C15H33N3. The Balaban J connectivity index is 1.99. The molecule has 1 aliphatic heterocycles. The molecule has 1 fully saturated rings. The van der Waals surface area contributed by atoms with Crippen molar-refractivity contribution in [3.8, 4) is 0 Å². The molecule has 1 aliphatic rings. The van der Waals surface area contributed by atoms with Gasteiger partial charge in [-0.2, -0.15) is 0 Å². The van der Waals surface area contributed by atoms with Crippen LogP contribution in [0, 0.1) is 0 Å². The summed E-state index contributed by atoms with van der Waals surface area (Å²) < 4.78 is 0. The van der Waals surface area contributed by atoms with E-state index in [1.807, 2.05) is 0 Å². The predicted molar refractivity (Wildman–Crippen MR) is 80.2 cm³/mol. The maximum absolute atomic E-state index is 3.58. The van der Waals surface area contributed by atoms with E-state index >= 15 is 0 Å². The van der Waals surface area contributed by atoms with E-state index in [2.05, 4.69) is 36.0 Å². The largest absolute Gasteiger partial charge is 0.315 e. The third-order valence-electron chi connectivity index (χ3n) is 4.14. The molecule has 3 heteroatoms. The second kappa shape index (κ2) is 9.76. The summed E-state index contributed by atoms with van der Waals surface area (Å²) in [5.74, 6) is 0. The second-order valence-electron chi connectivity index (χ2n) is 5.65. The van der Waals surface area contributed by atoms with Crippen molar-refractivity contribution >= 4 is 0 Å². The van der Waals surface area contributed by atoms with Gasteiger partial charge >= 0.3 is 0 Å². The minimum atomic E-state index is 0.767. The Morgan fingerprint density at radius 2 is 1.89 bits per heavy atom. The van der Waals surface area contributed by atoms with Gasteiger partial charge in [-0.05, 0) is 26.4 Å². The number of likely N-dealkylation sites (N-methyl/N-ethyl adjacent to an activating group) is 1. The summed E-state index contributed by atoms with van der Waals surface area (Å²) in [6.07, 6.45) is 6.72. The van der Waals surface area contributed by atoms with Crippen molar-refractivity contribution in [1.29, 1.82) is 0 Å². The van der Waals surface area contributed by atoms with Crippen LogP contribution in [-0.2, 0) is 0 Å². The zero-order valence-corrected chi connectivity index (χ0v) is 12.7. The number of hydrogen-bond donors (Lipinski definition) is 1. The number of nitrogens with zero attached hydrogens (tertiary/aromatic N) is 2. The summed E-state index contributed by atoms with van der Waals surface area (Å²) in [6, 6.07) is 0.767. The van der Waals surface area contributed by atoms with E-state index in [1.165, 1.54) is 64.8 Å². The van der Waals surface area contributed by atoms with Crippen LogP contribution in [0.2, 0.25) is 0 Å². The zero-order chi connectivity index (χ0) is 13.2. The van der Waals surface area contributed by atoms with Gasteiger partial charge in [0, 0.05) is 38.8 Å². The minimum Gasteiger partial charge on any atom is -0.315 e. The summed E-state index contributed by atoms with van der Waals surface area (Å²) in [5, 5.41) is 3.58. The van der Waals surface area contributed by atoms with Gasteiger partial charge in [0.1, 0.15) is 0 Å². The molecule has 1 atom stereocenters. The van der Waals surface area contributed by atoms with Gasteiger partial charge < -0.3 is 10.2 Å². The Morgan fingerprint density at radius 3 is 2.61 bits per heavy atom. The molecule has 0 aromatic heterocycles. The Kier molecular flexibility index (Phi) is 8.64. The first-order valence-corrected chi connectivity index (χ1v) is 7.91. The second-order valence-corrected chi connectivity index (χ2v) is 5.65. The third kappa shape index (κ3) is 6.17. The van der Waals surface area contributed by atoms with Crippen molar-refractivity contribution in [2.45, 2.75) is 52.0 Å². The molecule has 3 nitrogen and oxygen atoms in total. The fraction of sp³-hybridized carbons (Fsp3) is 1.00. The molecule has 0 bridgehead atoms. The lowest BCUT2D eigenvalue weighted by Crippen LogP contribution is -2.52. The summed E-state index contributed by atoms with van der Waals surface area (Å²) in [6.45, 7) is 11.9. The van der Waals surface area contributed by atoms with Crippen molar-refractivity contribution in [2.75, 3.05) is 46.3 Å². The highest BCUT2D eigenvalue weighted by atomic mass is 15.3. The lowest BCUT2D eigenvalue weighted by molar-refractivity contribution is 0.0939. The quantitative estimate of drug-likeness (QED) is 0.637. The van der Waals surface area contributed by atoms with Crippen LogP contribution in [0.15, 0.2) is 0 Å². The Bertz CT molecular complexity index is 196. The summed E-state index contributed by atoms with van der Waals surface area (Å²) in [7, 11) is 2.26. The van der Waals surface area contributed by atoms with Gasteiger partial charge in [0.2, 0.25) is 0 Å². The number of piperazine rings is 1. The first-order chi connectivity index (χ1) is 8.77. The van der Waals surface area contributed by atoms with E-state index in [-0.39, 0.29) is 0 Å². The molecule has 1 N–H and O–H groups in total. The van der Waals surface area contributed by atoms with Crippen LogP contribution in [0.4, 0.5) is 0 Å². The lowest BCUT2D eigenvalue weighted by Gasteiger charge is -2.39. The SMILES string of the molecule is CCCCCCNCCN1CCN(C)C(CC)C1. The van der Waals surface area contributed by atoms with E-state index in [0.29, 0.717) is 0 Å². The lowest BCUT2D eigenvalue weighted by atomic mass is 10.1. The van der Waals surface area contributed by atoms with Crippen LogP contribution in [-0.4, -0.2) is 62.2 Å². The molecule has 18 heavy (non-hydrogen) atoms. The number of nitrogens with one attached hydrogen (secondary N) is 1. The highest BCUT2D eigenvalue weighted by Gasteiger charge is 2.21. The molecule has 1 heterocycles. The van der Waals surface area contributed by atoms with E-state index in [1.54, 1.807) is 0 Å². The zero-order valence-electron chi connectivity index (χ0n) is 12.7. The van der Waals surface area contributed by atoms with Crippen molar-refractivity contribution in [3.05, 3.63) is 0 Å². The fourth-order valence-corrected chi connectivity index (χ4v) is 2.69. The highest BCUT2D eigenvalue weighted by molar-refractivity contribution is 4.79. The number of rotatable bonds is 9. The molecule has 0 spiro atoms. The Labute approximate surface area is 114 Å². The molecular weight excluding hydrogens is 222 g/mol. The summed E-state index contributed by atoms with van der Waals surface area (Å²) >= 11 is 0. The average Bonchev–Trinajstić information content (AvgIpc) is 2.39.